The van der Waals surface area contributed by atoms with Crippen LogP contribution in [0, 0.1) is 5.41 Å². The van der Waals surface area contributed by atoms with Crippen molar-refractivity contribution in [3.8, 4) is 0 Å². The van der Waals surface area contributed by atoms with Gasteiger partial charge in [0.05, 0.1) is 5.52 Å². The van der Waals surface area contributed by atoms with Gasteiger partial charge in [-0.25, -0.2) is 4.98 Å². The molecule has 2 N–H and O–H groups in total. The topological polar surface area (TPSA) is 66.6 Å². The summed E-state index contributed by atoms with van der Waals surface area (Å²) >= 11 is 1.50. The number of nitrogens with one attached hydrogen (secondary N) is 1. The standard InChI is InChI=1S/C16H23N3O2S/c1-16(2,3)12(8-10-20)17-14(21)13-11-7-5-6-9-19(11)15(18-13)22-4/h5-7,9,12,20H,8,10H2,1-4H3,(H,17,21). The molecular weight excluding hydrogens is 298 g/mol. The van der Waals surface area contributed by atoms with Gasteiger partial charge in [-0.05, 0) is 30.2 Å². The lowest BCUT2D eigenvalue weighted by Crippen LogP contribution is -2.44. The Morgan fingerprint density at radius 3 is 2.77 bits per heavy atom. The van der Waals surface area contributed by atoms with Crippen LogP contribution in [0.3, 0.4) is 0 Å². The number of aliphatic hydroxyl groups excluding tert-OH is 1. The number of hydrogen-bond acceptors (Lipinski definition) is 4. The van der Waals surface area contributed by atoms with Gasteiger partial charge in [0.1, 0.15) is 0 Å². The maximum Gasteiger partial charge on any atom is 0.272 e. The normalized spacial score (nSPS) is 13.3. The van der Waals surface area contributed by atoms with E-state index in [0.717, 1.165) is 10.7 Å². The summed E-state index contributed by atoms with van der Waals surface area (Å²) < 4.78 is 1.91. The number of carbonyl (C=O) groups is 1. The number of fused-ring (bicyclic) bond motifs is 1. The molecule has 0 aliphatic carbocycles. The summed E-state index contributed by atoms with van der Waals surface area (Å²) in [6.45, 7) is 6.19. The van der Waals surface area contributed by atoms with Gasteiger partial charge < -0.3 is 10.4 Å². The van der Waals surface area contributed by atoms with Crippen molar-refractivity contribution in [3.63, 3.8) is 0 Å². The molecule has 0 spiro atoms. The van der Waals surface area contributed by atoms with Crippen molar-refractivity contribution in [1.82, 2.24) is 14.7 Å². The molecule has 22 heavy (non-hydrogen) atoms. The molecule has 2 aromatic rings. The van der Waals surface area contributed by atoms with Gasteiger partial charge in [-0.2, -0.15) is 0 Å². The number of rotatable bonds is 5. The van der Waals surface area contributed by atoms with Crippen molar-refractivity contribution in [1.29, 1.82) is 0 Å². The van der Waals surface area contributed by atoms with Crippen LogP contribution in [0.4, 0.5) is 0 Å². The number of amides is 1. The van der Waals surface area contributed by atoms with E-state index in [-0.39, 0.29) is 24.0 Å². The van der Waals surface area contributed by atoms with Crippen LogP contribution >= 0.6 is 11.8 Å². The van der Waals surface area contributed by atoms with Crippen LogP contribution in [0.2, 0.25) is 0 Å². The monoisotopic (exact) mass is 321 g/mol. The van der Waals surface area contributed by atoms with Crippen LogP contribution in [0.5, 0.6) is 0 Å². The van der Waals surface area contributed by atoms with E-state index in [2.05, 4.69) is 10.3 Å². The maximum absolute atomic E-state index is 12.6. The fourth-order valence-corrected chi connectivity index (χ4v) is 2.94. The highest BCUT2D eigenvalue weighted by Gasteiger charge is 2.27. The molecule has 0 fully saturated rings. The molecule has 2 rings (SSSR count). The second-order valence-electron chi connectivity index (χ2n) is 6.31. The first kappa shape index (κ1) is 16.8. The highest BCUT2D eigenvalue weighted by Crippen LogP contribution is 2.24. The first-order valence-electron chi connectivity index (χ1n) is 7.31. The molecule has 6 heteroatoms. The average Bonchev–Trinajstić information content (AvgIpc) is 2.84. The smallest absolute Gasteiger partial charge is 0.272 e. The molecule has 2 heterocycles. The van der Waals surface area contributed by atoms with Crippen LogP contribution in [0.15, 0.2) is 29.6 Å². The van der Waals surface area contributed by atoms with Crippen molar-refractivity contribution < 1.29 is 9.90 Å². The van der Waals surface area contributed by atoms with Gasteiger partial charge in [0.25, 0.3) is 5.91 Å². The molecule has 2 aromatic heterocycles. The molecule has 0 radical (unpaired) electrons. The summed E-state index contributed by atoms with van der Waals surface area (Å²) in [4.78, 5) is 17.1. The Bertz CT molecular complexity index is 661. The summed E-state index contributed by atoms with van der Waals surface area (Å²) in [6, 6.07) is 5.59. The van der Waals surface area contributed by atoms with Gasteiger partial charge in [-0.1, -0.05) is 38.6 Å². The lowest BCUT2D eigenvalue weighted by Gasteiger charge is -2.30. The third-order valence-electron chi connectivity index (χ3n) is 3.68. The largest absolute Gasteiger partial charge is 0.396 e. The highest BCUT2D eigenvalue weighted by atomic mass is 32.2. The Morgan fingerprint density at radius 2 is 2.18 bits per heavy atom. The minimum Gasteiger partial charge on any atom is -0.396 e. The van der Waals surface area contributed by atoms with Crippen LogP contribution in [0.1, 0.15) is 37.7 Å². The molecule has 1 unspecified atom stereocenters. The number of aromatic nitrogens is 2. The molecule has 1 atom stereocenters. The molecule has 5 nitrogen and oxygen atoms in total. The average molecular weight is 321 g/mol. The Kier molecular flexibility index (Phi) is 5.13. The minimum atomic E-state index is -0.197. The predicted octanol–water partition coefficient (Wildman–Crippen LogP) is 2.58. The van der Waals surface area contributed by atoms with E-state index in [1.54, 1.807) is 0 Å². The number of nitrogens with zero attached hydrogens (tertiary/aromatic N) is 2. The molecule has 1 amide bonds. The Labute approximate surface area is 135 Å². The quantitative estimate of drug-likeness (QED) is 0.831. The summed E-state index contributed by atoms with van der Waals surface area (Å²) in [5.41, 5.74) is 1.09. The highest BCUT2D eigenvalue weighted by molar-refractivity contribution is 7.98. The van der Waals surface area contributed by atoms with Crippen molar-refractivity contribution in [2.45, 2.75) is 38.4 Å². The second-order valence-corrected chi connectivity index (χ2v) is 7.08. The van der Waals surface area contributed by atoms with E-state index in [1.807, 2.05) is 55.8 Å². The van der Waals surface area contributed by atoms with Gasteiger partial charge in [-0.15, -0.1) is 0 Å². The fourth-order valence-electron chi connectivity index (χ4n) is 2.40. The fraction of sp³-hybridized carbons (Fsp3) is 0.500. The Hall–Kier alpha value is -1.53. The number of pyridine rings is 1. The van der Waals surface area contributed by atoms with Crippen LogP contribution in [-0.2, 0) is 0 Å². The van der Waals surface area contributed by atoms with E-state index in [0.29, 0.717) is 12.1 Å². The first-order chi connectivity index (χ1) is 10.4. The van der Waals surface area contributed by atoms with E-state index >= 15 is 0 Å². The van der Waals surface area contributed by atoms with Crippen LogP contribution in [0.25, 0.3) is 5.52 Å². The molecule has 0 saturated carbocycles. The van der Waals surface area contributed by atoms with E-state index in [9.17, 15) is 9.90 Å². The van der Waals surface area contributed by atoms with E-state index in [4.69, 9.17) is 0 Å². The Balaban J connectivity index is 2.33. The van der Waals surface area contributed by atoms with Crippen molar-refractivity contribution in [3.05, 3.63) is 30.1 Å². The number of carbonyl (C=O) groups excluding carboxylic acids is 1. The van der Waals surface area contributed by atoms with Crippen molar-refractivity contribution >= 4 is 23.2 Å². The zero-order chi connectivity index (χ0) is 16.3. The number of aliphatic hydroxyl groups is 1. The van der Waals surface area contributed by atoms with Gasteiger partial charge in [0.2, 0.25) is 0 Å². The third kappa shape index (κ3) is 3.44. The lowest BCUT2D eigenvalue weighted by molar-refractivity contribution is 0.0882. The van der Waals surface area contributed by atoms with Gasteiger partial charge in [0, 0.05) is 18.8 Å². The zero-order valence-corrected chi connectivity index (χ0v) is 14.3. The minimum absolute atomic E-state index is 0.0439. The number of imidazole rings is 1. The molecule has 0 aliphatic heterocycles. The van der Waals surface area contributed by atoms with E-state index < -0.39 is 0 Å². The van der Waals surface area contributed by atoms with Gasteiger partial charge in [-0.3, -0.25) is 9.20 Å². The predicted molar refractivity (Wildman–Crippen MR) is 89.4 cm³/mol. The number of hydrogen-bond donors (Lipinski definition) is 2. The SMILES string of the molecule is CSc1nc(C(=O)NC(CCO)C(C)(C)C)c2ccccn12. The summed E-state index contributed by atoms with van der Waals surface area (Å²) in [7, 11) is 0. The summed E-state index contributed by atoms with van der Waals surface area (Å²) in [5.74, 6) is -0.197. The maximum atomic E-state index is 12.6. The van der Waals surface area contributed by atoms with Crippen molar-refractivity contribution in [2.75, 3.05) is 12.9 Å². The van der Waals surface area contributed by atoms with Crippen LogP contribution < -0.4 is 5.32 Å². The molecule has 0 bridgehead atoms. The molecular formula is C16H23N3O2S. The number of thioether (sulfide) groups is 1. The molecule has 0 aliphatic rings. The Morgan fingerprint density at radius 1 is 1.45 bits per heavy atom. The van der Waals surface area contributed by atoms with Crippen molar-refractivity contribution in [2.24, 2.45) is 5.41 Å². The van der Waals surface area contributed by atoms with Gasteiger partial charge >= 0.3 is 0 Å². The summed E-state index contributed by atoms with van der Waals surface area (Å²) in [5, 5.41) is 13.0. The molecule has 0 saturated heterocycles. The zero-order valence-electron chi connectivity index (χ0n) is 13.5. The van der Waals surface area contributed by atoms with Gasteiger partial charge in [0.15, 0.2) is 10.9 Å². The third-order valence-corrected chi connectivity index (χ3v) is 4.34. The van der Waals surface area contributed by atoms with Crippen LogP contribution in [-0.4, -0.2) is 39.3 Å². The second kappa shape index (κ2) is 6.71. The van der Waals surface area contributed by atoms with E-state index in [1.165, 1.54) is 11.8 Å². The molecule has 0 aromatic carbocycles. The molecule has 120 valence electrons. The summed E-state index contributed by atoms with van der Waals surface area (Å²) in [6.07, 6.45) is 4.36. The first-order valence-corrected chi connectivity index (χ1v) is 8.53. The lowest BCUT2D eigenvalue weighted by atomic mass is 9.85.